The second kappa shape index (κ2) is 7.59. The first-order valence-corrected chi connectivity index (χ1v) is 9.00. The van der Waals surface area contributed by atoms with Gasteiger partial charge in [-0.1, -0.05) is 23.7 Å². The monoisotopic (exact) mass is 439 g/mol. The van der Waals surface area contributed by atoms with Crippen LogP contribution < -0.4 is 5.32 Å². The van der Waals surface area contributed by atoms with Gasteiger partial charge in [-0.25, -0.2) is 4.39 Å². The molecule has 0 radical (unpaired) electrons. The molecule has 3 aromatic rings. The zero-order valence-corrected chi connectivity index (χ0v) is 16.4. The molecule has 6 nitrogen and oxygen atoms in total. The molecule has 0 aliphatic carbocycles. The number of carbonyl (C=O) groups is 1. The summed E-state index contributed by atoms with van der Waals surface area (Å²) in [5, 5.41) is 11.9. The van der Waals surface area contributed by atoms with Gasteiger partial charge in [0.05, 0.1) is 21.7 Å². The Bertz CT molecular complexity index is 918. The highest BCUT2D eigenvalue weighted by Crippen LogP contribution is 2.23. The summed E-state index contributed by atoms with van der Waals surface area (Å²) in [6.45, 7) is 3.96. The number of benzene rings is 1. The van der Waals surface area contributed by atoms with Crippen LogP contribution in [-0.2, 0) is 11.3 Å². The second-order valence-electron chi connectivity index (χ2n) is 5.86. The molecule has 26 heavy (non-hydrogen) atoms. The molecule has 2 aromatic heterocycles. The lowest BCUT2D eigenvalue weighted by molar-refractivity contribution is -0.119. The van der Waals surface area contributed by atoms with Crippen LogP contribution in [0.15, 0.2) is 41.1 Å². The average molecular weight is 441 g/mol. The van der Waals surface area contributed by atoms with E-state index in [-0.39, 0.29) is 11.7 Å². The van der Waals surface area contributed by atoms with Gasteiger partial charge in [0.1, 0.15) is 11.9 Å². The normalized spacial score (nSPS) is 12.2. The van der Waals surface area contributed by atoms with Crippen molar-refractivity contribution < 1.29 is 9.18 Å². The van der Waals surface area contributed by atoms with Crippen molar-refractivity contribution in [1.82, 2.24) is 19.6 Å². The number of amides is 1. The molecule has 136 valence electrons. The molecule has 3 rings (SSSR count). The van der Waals surface area contributed by atoms with Crippen LogP contribution in [0.1, 0.15) is 24.2 Å². The summed E-state index contributed by atoms with van der Waals surface area (Å²) >= 11 is 9.38. The molecule has 1 unspecified atom stereocenters. The standard InChI is InChI=1S/C17H16BrClFN5O/c1-10-15(19)9-25(22-10)11(2)17(26)21-16-14(18)8-24(23-16)7-12-3-5-13(20)6-4-12/h3-6,8-9,11H,7H2,1-2H3,(H,21,23,26). The highest BCUT2D eigenvalue weighted by Gasteiger charge is 2.19. The SMILES string of the molecule is Cc1nn(C(C)C(=O)Nc2nn(Cc3ccc(F)cc3)cc2Br)cc1Cl. The molecule has 0 aliphatic rings. The van der Waals surface area contributed by atoms with Crippen molar-refractivity contribution in [2.24, 2.45) is 0 Å². The molecular weight excluding hydrogens is 425 g/mol. The molecular formula is C17H16BrClFN5O. The number of carbonyl (C=O) groups excluding carboxylic acids is 1. The van der Waals surface area contributed by atoms with Gasteiger partial charge in [0, 0.05) is 12.4 Å². The van der Waals surface area contributed by atoms with Crippen LogP contribution in [0, 0.1) is 12.7 Å². The number of nitrogens with zero attached hydrogens (tertiary/aromatic N) is 4. The average Bonchev–Trinajstić information content (AvgIpc) is 3.11. The van der Waals surface area contributed by atoms with Gasteiger partial charge in [0.25, 0.3) is 0 Å². The quantitative estimate of drug-likeness (QED) is 0.647. The third-order valence-corrected chi connectivity index (χ3v) is 4.80. The van der Waals surface area contributed by atoms with E-state index < -0.39 is 6.04 Å². The first-order chi connectivity index (χ1) is 12.3. The Labute approximate surface area is 163 Å². The van der Waals surface area contributed by atoms with E-state index in [2.05, 4.69) is 31.4 Å². The van der Waals surface area contributed by atoms with E-state index in [1.807, 2.05) is 0 Å². The molecule has 1 atom stereocenters. The molecule has 0 bridgehead atoms. The Morgan fingerprint density at radius 3 is 2.62 bits per heavy atom. The fourth-order valence-electron chi connectivity index (χ4n) is 2.34. The molecule has 1 amide bonds. The third kappa shape index (κ3) is 4.13. The summed E-state index contributed by atoms with van der Waals surface area (Å²) in [7, 11) is 0. The van der Waals surface area contributed by atoms with Crippen LogP contribution >= 0.6 is 27.5 Å². The Hall–Kier alpha value is -2.19. The van der Waals surface area contributed by atoms with Gasteiger partial charge in [0.2, 0.25) is 5.91 Å². The highest BCUT2D eigenvalue weighted by molar-refractivity contribution is 9.10. The van der Waals surface area contributed by atoms with Crippen LogP contribution in [0.4, 0.5) is 10.2 Å². The maximum atomic E-state index is 13.0. The van der Waals surface area contributed by atoms with E-state index in [9.17, 15) is 9.18 Å². The maximum absolute atomic E-state index is 13.0. The van der Waals surface area contributed by atoms with Crippen molar-refractivity contribution in [2.75, 3.05) is 5.32 Å². The number of anilines is 1. The fraction of sp³-hybridized carbons (Fsp3) is 0.235. The summed E-state index contributed by atoms with van der Waals surface area (Å²) in [5.41, 5.74) is 1.56. The first kappa shape index (κ1) is 18.6. The third-order valence-electron chi connectivity index (χ3n) is 3.85. The van der Waals surface area contributed by atoms with Crippen LogP contribution in [0.5, 0.6) is 0 Å². The predicted molar refractivity (Wildman–Crippen MR) is 101 cm³/mol. The minimum absolute atomic E-state index is 0.267. The number of aryl methyl sites for hydroxylation is 1. The molecule has 0 spiro atoms. The van der Waals surface area contributed by atoms with E-state index in [1.54, 1.807) is 43.1 Å². The first-order valence-electron chi connectivity index (χ1n) is 7.83. The fourth-order valence-corrected chi connectivity index (χ4v) is 2.89. The van der Waals surface area contributed by atoms with Crippen molar-refractivity contribution in [3.63, 3.8) is 0 Å². The van der Waals surface area contributed by atoms with Crippen molar-refractivity contribution in [2.45, 2.75) is 26.4 Å². The lowest BCUT2D eigenvalue weighted by atomic mass is 10.2. The van der Waals surface area contributed by atoms with Crippen molar-refractivity contribution >= 4 is 39.3 Å². The summed E-state index contributed by atoms with van der Waals surface area (Å²) in [5.74, 6) is -0.151. The van der Waals surface area contributed by atoms with Gasteiger partial charge >= 0.3 is 0 Å². The number of rotatable bonds is 5. The Morgan fingerprint density at radius 1 is 1.31 bits per heavy atom. The van der Waals surface area contributed by atoms with Crippen molar-refractivity contribution in [3.8, 4) is 0 Å². The maximum Gasteiger partial charge on any atom is 0.250 e. The van der Waals surface area contributed by atoms with Crippen molar-refractivity contribution in [3.05, 3.63) is 63.2 Å². The zero-order chi connectivity index (χ0) is 18.8. The molecule has 0 fully saturated rings. The predicted octanol–water partition coefficient (Wildman–Crippen LogP) is 4.19. The number of aromatic nitrogens is 4. The molecule has 1 N–H and O–H groups in total. The van der Waals surface area contributed by atoms with Gasteiger partial charge in [-0.05, 0) is 47.5 Å². The Balaban J connectivity index is 1.70. The molecule has 9 heteroatoms. The molecule has 0 aliphatic heterocycles. The van der Waals surface area contributed by atoms with E-state index in [0.29, 0.717) is 27.6 Å². The number of nitrogens with one attached hydrogen (secondary N) is 1. The van der Waals surface area contributed by atoms with Crippen molar-refractivity contribution in [1.29, 1.82) is 0 Å². The van der Waals surface area contributed by atoms with Crippen LogP contribution in [-0.4, -0.2) is 25.5 Å². The number of hydrogen-bond donors (Lipinski definition) is 1. The van der Waals surface area contributed by atoms with E-state index in [4.69, 9.17) is 11.6 Å². The summed E-state index contributed by atoms with van der Waals surface area (Å²) in [4.78, 5) is 12.5. The van der Waals surface area contributed by atoms with Gasteiger partial charge in [-0.3, -0.25) is 14.2 Å². The number of halogens is 3. The molecule has 0 saturated heterocycles. The minimum atomic E-state index is -0.546. The zero-order valence-electron chi connectivity index (χ0n) is 14.1. The lowest BCUT2D eigenvalue weighted by Gasteiger charge is -2.11. The van der Waals surface area contributed by atoms with Gasteiger partial charge in [-0.15, -0.1) is 0 Å². The lowest BCUT2D eigenvalue weighted by Crippen LogP contribution is -2.24. The van der Waals surface area contributed by atoms with E-state index in [0.717, 1.165) is 5.56 Å². The van der Waals surface area contributed by atoms with E-state index in [1.165, 1.54) is 16.8 Å². The highest BCUT2D eigenvalue weighted by atomic mass is 79.9. The van der Waals surface area contributed by atoms with Gasteiger partial charge in [0.15, 0.2) is 5.82 Å². The second-order valence-corrected chi connectivity index (χ2v) is 7.12. The Kier molecular flexibility index (Phi) is 5.43. The summed E-state index contributed by atoms with van der Waals surface area (Å²) < 4.78 is 16.8. The summed E-state index contributed by atoms with van der Waals surface area (Å²) in [6, 6.07) is 5.63. The smallest absolute Gasteiger partial charge is 0.250 e. The van der Waals surface area contributed by atoms with Gasteiger partial charge in [-0.2, -0.15) is 10.2 Å². The molecule has 2 heterocycles. The van der Waals surface area contributed by atoms with Crippen LogP contribution in [0.2, 0.25) is 5.02 Å². The minimum Gasteiger partial charge on any atom is -0.306 e. The molecule has 1 aromatic carbocycles. The summed E-state index contributed by atoms with van der Waals surface area (Å²) in [6.07, 6.45) is 3.36. The van der Waals surface area contributed by atoms with Gasteiger partial charge < -0.3 is 5.32 Å². The van der Waals surface area contributed by atoms with E-state index >= 15 is 0 Å². The number of hydrogen-bond acceptors (Lipinski definition) is 3. The Morgan fingerprint density at radius 2 is 2.00 bits per heavy atom. The topological polar surface area (TPSA) is 64.7 Å². The van der Waals surface area contributed by atoms with Crippen LogP contribution in [0.3, 0.4) is 0 Å². The molecule has 0 saturated carbocycles. The largest absolute Gasteiger partial charge is 0.306 e. The van der Waals surface area contributed by atoms with Crippen LogP contribution in [0.25, 0.3) is 0 Å².